The number of aromatic nitrogens is 2. The van der Waals surface area contributed by atoms with Gasteiger partial charge in [0.1, 0.15) is 5.01 Å². The third-order valence-corrected chi connectivity index (χ3v) is 4.11. The van der Waals surface area contributed by atoms with Gasteiger partial charge in [0.05, 0.1) is 5.70 Å². The van der Waals surface area contributed by atoms with Crippen LogP contribution < -0.4 is 4.80 Å². The van der Waals surface area contributed by atoms with Crippen LogP contribution in [0.25, 0.3) is 5.70 Å². The minimum atomic E-state index is 0.924. The molecule has 1 aliphatic rings. The molecule has 0 radical (unpaired) electrons. The Balaban J connectivity index is 2.52. The molecule has 0 atom stereocenters. The lowest BCUT2D eigenvalue weighted by molar-refractivity contribution is 0.834. The second-order valence-electron chi connectivity index (χ2n) is 4.79. The Hall–Kier alpha value is -1.68. The highest BCUT2D eigenvalue weighted by molar-refractivity contribution is 7.08. The van der Waals surface area contributed by atoms with Gasteiger partial charge in [-0.3, -0.25) is 4.99 Å². The number of rotatable bonds is 2. The van der Waals surface area contributed by atoms with Crippen LogP contribution in [0.1, 0.15) is 31.7 Å². The van der Waals surface area contributed by atoms with Gasteiger partial charge in [-0.1, -0.05) is 47.3 Å². The topological polar surface area (TPSA) is 30.2 Å². The molecule has 1 aromatic heterocycles. The Morgan fingerprint density at radius 1 is 1.40 bits per heavy atom. The van der Waals surface area contributed by atoms with E-state index in [0.29, 0.717) is 0 Å². The zero-order valence-electron chi connectivity index (χ0n) is 12.6. The van der Waals surface area contributed by atoms with E-state index in [9.17, 15) is 0 Å². The molecular weight excluding hydrogens is 266 g/mol. The number of nitrogens with zero attached hydrogens (tertiary/aromatic N) is 3. The fourth-order valence-electron chi connectivity index (χ4n) is 2.15. The maximum absolute atomic E-state index is 4.58. The minimum absolute atomic E-state index is 0.924. The van der Waals surface area contributed by atoms with Crippen molar-refractivity contribution in [2.24, 2.45) is 4.99 Å². The van der Waals surface area contributed by atoms with Gasteiger partial charge >= 0.3 is 0 Å². The summed E-state index contributed by atoms with van der Waals surface area (Å²) < 4.78 is 1.93. The summed E-state index contributed by atoms with van der Waals surface area (Å²) in [6.45, 7) is 6.23. The largest absolute Gasteiger partial charge is 0.261 e. The SMILES string of the molecule is C\C=C(/C1=C\C=C(\C)CCC=C1)n1nc(C)s/c1=N/C. The number of allylic oxidation sites excluding steroid dienone is 8. The van der Waals surface area contributed by atoms with E-state index in [2.05, 4.69) is 47.4 Å². The van der Waals surface area contributed by atoms with E-state index in [-0.39, 0.29) is 0 Å². The molecule has 0 saturated carbocycles. The first-order valence-corrected chi connectivity index (χ1v) is 7.68. The van der Waals surface area contributed by atoms with Gasteiger partial charge in [-0.15, -0.1) is 0 Å². The summed E-state index contributed by atoms with van der Waals surface area (Å²) in [5, 5.41) is 5.60. The lowest BCUT2D eigenvalue weighted by atomic mass is 10.0. The highest BCUT2D eigenvalue weighted by Gasteiger charge is 2.09. The fraction of sp³-hybridized carbons (Fsp3) is 0.375. The Morgan fingerprint density at radius 2 is 2.20 bits per heavy atom. The van der Waals surface area contributed by atoms with Crippen molar-refractivity contribution < 1.29 is 0 Å². The van der Waals surface area contributed by atoms with Crippen LogP contribution in [0.15, 0.2) is 46.5 Å². The van der Waals surface area contributed by atoms with Crippen LogP contribution in [0, 0.1) is 6.92 Å². The summed E-state index contributed by atoms with van der Waals surface area (Å²) in [6, 6.07) is 0. The molecule has 4 heteroatoms. The zero-order valence-corrected chi connectivity index (χ0v) is 13.4. The van der Waals surface area contributed by atoms with Gasteiger partial charge < -0.3 is 0 Å². The molecule has 3 nitrogen and oxygen atoms in total. The second-order valence-corrected chi connectivity index (χ2v) is 5.95. The van der Waals surface area contributed by atoms with Crippen molar-refractivity contribution in [3.05, 3.63) is 51.3 Å². The van der Waals surface area contributed by atoms with E-state index >= 15 is 0 Å². The van der Waals surface area contributed by atoms with E-state index in [0.717, 1.165) is 28.3 Å². The van der Waals surface area contributed by atoms with Crippen LogP contribution >= 0.6 is 11.3 Å². The molecule has 0 amide bonds. The van der Waals surface area contributed by atoms with E-state index in [1.165, 1.54) is 11.1 Å². The molecule has 2 rings (SSSR count). The first kappa shape index (κ1) is 14.7. The minimum Gasteiger partial charge on any atom is -0.261 e. The van der Waals surface area contributed by atoms with Gasteiger partial charge in [-0.2, -0.15) is 5.10 Å². The normalized spacial score (nSPS) is 22.8. The molecule has 1 aliphatic carbocycles. The lowest BCUT2D eigenvalue weighted by Crippen LogP contribution is -2.16. The molecule has 106 valence electrons. The van der Waals surface area contributed by atoms with Crippen molar-refractivity contribution >= 4 is 17.0 Å². The van der Waals surface area contributed by atoms with Gasteiger partial charge in [-0.05, 0) is 39.2 Å². The molecule has 0 saturated heterocycles. The predicted octanol–water partition coefficient (Wildman–Crippen LogP) is 3.87. The summed E-state index contributed by atoms with van der Waals surface area (Å²) in [5.74, 6) is 0. The highest BCUT2D eigenvalue weighted by atomic mass is 32.1. The summed E-state index contributed by atoms with van der Waals surface area (Å²) in [5.41, 5.74) is 3.66. The van der Waals surface area contributed by atoms with Crippen molar-refractivity contribution in [3.8, 4) is 0 Å². The fourth-order valence-corrected chi connectivity index (χ4v) is 2.85. The summed E-state index contributed by atoms with van der Waals surface area (Å²) >= 11 is 1.61. The van der Waals surface area contributed by atoms with Crippen LogP contribution in [0.3, 0.4) is 0 Å². The number of hydrogen-bond donors (Lipinski definition) is 0. The van der Waals surface area contributed by atoms with Crippen LogP contribution in [-0.2, 0) is 0 Å². The third-order valence-electron chi connectivity index (χ3n) is 3.20. The van der Waals surface area contributed by atoms with E-state index in [1.807, 2.05) is 25.6 Å². The van der Waals surface area contributed by atoms with Gasteiger partial charge in [0.15, 0.2) is 0 Å². The maximum Gasteiger partial charge on any atom is 0.207 e. The highest BCUT2D eigenvalue weighted by Crippen LogP contribution is 2.20. The molecule has 1 aromatic rings. The first-order valence-electron chi connectivity index (χ1n) is 6.86. The molecule has 0 unspecified atom stereocenters. The van der Waals surface area contributed by atoms with Gasteiger partial charge in [-0.25, -0.2) is 4.68 Å². The molecule has 0 aromatic carbocycles. The average molecular weight is 287 g/mol. The van der Waals surface area contributed by atoms with Crippen LogP contribution in [0.4, 0.5) is 0 Å². The van der Waals surface area contributed by atoms with Crippen molar-refractivity contribution in [2.75, 3.05) is 7.05 Å². The van der Waals surface area contributed by atoms with E-state index in [1.54, 1.807) is 11.3 Å². The monoisotopic (exact) mass is 287 g/mol. The van der Waals surface area contributed by atoms with Crippen molar-refractivity contribution in [1.82, 2.24) is 9.78 Å². The van der Waals surface area contributed by atoms with Gasteiger partial charge in [0.2, 0.25) is 4.80 Å². The molecule has 0 aliphatic heterocycles. The second kappa shape index (κ2) is 6.66. The summed E-state index contributed by atoms with van der Waals surface area (Å²) in [7, 11) is 1.81. The molecular formula is C16H21N3S. The Labute approximate surface area is 124 Å². The Bertz CT molecular complexity index is 666. The number of hydrogen-bond acceptors (Lipinski definition) is 3. The summed E-state index contributed by atoms with van der Waals surface area (Å²) in [6.07, 6.45) is 13.1. The predicted molar refractivity (Wildman–Crippen MR) is 86.5 cm³/mol. The lowest BCUT2D eigenvalue weighted by Gasteiger charge is -2.10. The smallest absolute Gasteiger partial charge is 0.207 e. The van der Waals surface area contributed by atoms with Crippen LogP contribution in [0.2, 0.25) is 0 Å². The number of aryl methyl sites for hydroxylation is 1. The van der Waals surface area contributed by atoms with E-state index < -0.39 is 0 Å². The molecule has 0 bridgehead atoms. The van der Waals surface area contributed by atoms with E-state index in [4.69, 9.17) is 0 Å². The zero-order chi connectivity index (χ0) is 14.5. The third kappa shape index (κ3) is 3.25. The first-order chi connectivity index (χ1) is 9.65. The van der Waals surface area contributed by atoms with Crippen molar-refractivity contribution in [2.45, 2.75) is 33.6 Å². The van der Waals surface area contributed by atoms with Crippen molar-refractivity contribution in [1.29, 1.82) is 0 Å². The summed E-state index contributed by atoms with van der Waals surface area (Å²) in [4.78, 5) is 5.25. The maximum atomic E-state index is 4.58. The quantitative estimate of drug-likeness (QED) is 0.812. The molecule has 0 N–H and O–H groups in total. The average Bonchev–Trinajstić information content (AvgIpc) is 2.79. The molecule has 20 heavy (non-hydrogen) atoms. The van der Waals surface area contributed by atoms with Crippen LogP contribution in [0.5, 0.6) is 0 Å². The molecule has 0 spiro atoms. The standard InChI is InChI=1S/C16H21N3S/c1-5-15(19-16(17-4)20-13(3)18-19)14-9-7-6-8-12(2)10-11-14/h5,7,9-11H,6,8H2,1-4H3/b9-7?,12-10-,14-11-,15-5+,17-16+. The Kier molecular flexibility index (Phi) is 4.90. The van der Waals surface area contributed by atoms with Crippen LogP contribution in [-0.4, -0.2) is 16.8 Å². The molecule has 0 fully saturated rings. The van der Waals surface area contributed by atoms with Gasteiger partial charge in [0.25, 0.3) is 0 Å². The molecule has 1 heterocycles. The van der Waals surface area contributed by atoms with Gasteiger partial charge in [0, 0.05) is 7.05 Å². The Morgan fingerprint density at radius 3 is 2.90 bits per heavy atom. The van der Waals surface area contributed by atoms with Crippen molar-refractivity contribution in [3.63, 3.8) is 0 Å².